The highest BCUT2D eigenvalue weighted by Gasteiger charge is 2.36. The first kappa shape index (κ1) is 18.5. The average molecular weight is 354 g/mol. The van der Waals surface area contributed by atoms with Crippen LogP contribution in [0.2, 0.25) is 0 Å². The number of carbonyl (C=O) groups is 2. The van der Waals surface area contributed by atoms with Gasteiger partial charge in [-0.2, -0.15) is 0 Å². The molecule has 0 aromatic heterocycles. The molecule has 2 atom stereocenters. The minimum absolute atomic E-state index is 0. The molecule has 2 unspecified atom stereocenters. The smallest absolute Gasteiger partial charge is 0.227 e. The zero-order chi connectivity index (χ0) is 16.2. The fourth-order valence-electron chi connectivity index (χ4n) is 3.27. The summed E-state index contributed by atoms with van der Waals surface area (Å²) in [6.45, 7) is 2.06. The van der Waals surface area contributed by atoms with Crippen LogP contribution >= 0.6 is 12.4 Å². The maximum atomic E-state index is 12.3. The number of carbonyl (C=O) groups excluding carboxylic acids is 2. The van der Waals surface area contributed by atoms with Crippen LogP contribution in [0.3, 0.4) is 0 Å². The molecule has 2 heterocycles. The maximum Gasteiger partial charge on any atom is 0.227 e. The molecular formula is C17H24ClN3O3. The van der Waals surface area contributed by atoms with Crippen LogP contribution in [-0.2, 0) is 9.59 Å². The van der Waals surface area contributed by atoms with Crippen molar-refractivity contribution in [2.75, 3.05) is 31.6 Å². The van der Waals surface area contributed by atoms with Gasteiger partial charge in [0, 0.05) is 25.6 Å². The average Bonchev–Trinajstić information content (AvgIpc) is 3.22. The molecule has 1 aromatic carbocycles. The van der Waals surface area contributed by atoms with Gasteiger partial charge in [-0.1, -0.05) is 12.1 Å². The van der Waals surface area contributed by atoms with E-state index in [0.717, 1.165) is 25.1 Å². The fourth-order valence-corrected chi connectivity index (χ4v) is 3.27. The summed E-state index contributed by atoms with van der Waals surface area (Å²) in [4.78, 5) is 26.3. The summed E-state index contributed by atoms with van der Waals surface area (Å²) in [5, 5.41) is 6.33. The first-order chi connectivity index (χ1) is 11.2. The molecule has 24 heavy (non-hydrogen) atoms. The highest BCUT2D eigenvalue weighted by molar-refractivity contribution is 6.01. The number of benzene rings is 1. The minimum atomic E-state index is -0.297. The van der Waals surface area contributed by atoms with Crippen molar-refractivity contribution in [3.05, 3.63) is 24.3 Å². The van der Waals surface area contributed by atoms with E-state index >= 15 is 0 Å². The zero-order valence-electron chi connectivity index (χ0n) is 13.8. The van der Waals surface area contributed by atoms with E-state index < -0.39 is 0 Å². The van der Waals surface area contributed by atoms with Gasteiger partial charge in [-0.25, -0.2) is 0 Å². The van der Waals surface area contributed by atoms with Crippen molar-refractivity contribution in [2.24, 2.45) is 5.92 Å². The maximum absolute atomic E-state index is 12.3. The van der Waals surface area contributed by atoms with E-state index in [4.69, 9.17) is 4.74 Å². The number of ether oxygens (including phenoxy) is 1. The van der Waals surface area contributed by atoms with E-state index in [9.17, 15) is 9.59 Å². The molecule has 2 N–H and O–H groups in total. The second-order valence-corrected chi connectivity index (χ2v) is 6.12. The quantitative estimate of drug-likeness (QED) is 0.838. The Balaban J connectivity index is 0.00000208. The molecule has 2 amide bonds. The molecule has 1 aromatic rings. The van der Waals surface area contributed by atoms with Crippen molar-refractivity contribution in [2.45, 2.75) is 25.3 Å². The number of nitrogens with one attached hydrogen (secondary N) is 2. The van der Waals surface area contributed by atoms with E-state index in [1.54, 1.807) is 12.0 Å². The lowest BCUT2D eigenvalue weighted by atomic mass is 10.1. The molecule has 2 aliphatic heterocycles. The van der Waals surface area contributed by atoms with E-state index in [-0.39, 0.29) is 36.6 Å². The molecule has 0 spiro atoms. The third-order valence-electron chi connectivity index (χ3n) is 4.56. The molecule has 6 nitrogen and oxygen atoms in total. The Kier molecular flexibility index (Phi) is 6.45. The molecule has 0 radical (unpaired) electrons. The fraction of sp³-hybridized carbons (Fsp3) is 0.529. The predicted molar refractivity (Wildman–Crippen MR) is 94.7 cm³/mol. The van der Waals surface area contributed by atoms with Crippen LogP contribution in [0.25, 0.3) is 0 Å². The number of anilines is 1. The number of hydrogen-bond donors (Lipinski definition) is 2. The van der Waals surface area contributed by atoms with Crippen LogP contribution in [-0.4, -0.2) is 44.6 Å². The summed E-state index contributed by atoms with van der Waals surface area (Å²) < 4.78 is 5.31. The van der Waals surface area contributed by atoms with E-state index in [1.165, 1.54) is 0 Å². The number of hydrogen-bond acceptors (Lipinski definition) is 4. The van der Waals surface area contributed by atoms with Crippen LogP contribution < -0.4 is 20.3 Å². The van der Waals surface area contributed by atoms with Gasteiger partial charge in [0.1, 0.15) is 5.75 Å². The van der Waals surface area contributed by atoms with Crippen LogP contribution in [0.15, 0.2) is 24.3 Å². The molecule has 2 saturated heterocycles. The second-order valence-electron chi connectivity index (χ2n) is 6.12. The summed E-state index contributed by atoms with van der Waals surface area (Å²) in [6.07, 6.45) is 2.50. The lowest BCUT2D eigenvalue weighted by Crippen LogP contribution is -2.40. The van der Waals surface area contributed by atoms with Crippen LogP contribution in [0, 0.1) is 5.92 Å². The Hall–Kier alpha value is -1.79. The molecule has 3 rings (SSSR count). The Morgan fingerprint density at radius 2 is 2.21 bits per heavy atom. The van der Waals surface area contributed by atoms with Gasteiger partial charge in [0.15, 0.2) is 0 Å². The normalized spacial score (nSPS) is 23.0. The van der Waals surface area contributed by atoms with Gasteiger partial charge in [0.05, 0.1) is 18.7 Å². The van der Waals surface area contributed by atoms with E-state index in [0.29, 0.717) is 24.9 Å². The van der Waals surface area contributed by atoms with Gasteiger partial charge in [-0.05, 0) is 31.5 Å². The molecule has 2 aliphatic rings. The van der Waals surface area contributed by atoms with Gasteiger partial charge in [0.25, 0.3) is 0 Å². The summed E-state index contributed by atoms with van der Waals surface area (Å²) in [5.74, 6) is 0.281. The van der Waals surface area contributed by atoms with Crippen molar-refractivity contribution in [3.8, 4) is 5.75 Å². The highest BCUT2D eigenvalue weighted by Crippen LogP contribution is 2.32. The largest absolute Gasteiger partial charge is 0.495 e. The Bertz CT molecular complexity index is 590. The highest BCUT2D eigenvalue weighted by atomic mass is 35.5. The SMILES string of the molecule is COc1ccccc1N1CC(C(=O)NCC2CCCN2)CC1=O.Cl. The second kappa shape index (κ2) is 8.35. The van der Waals surface area contributed by atoms with Gasteiger partial charge in [0.2, 0.25) is 11.8 Å². The van der Waals surface area contributed by atoms with Gasteiger partial charge >= 0.3 is 0 Å². The van der Waals surface area contributed by atoms with E-state index in [2.05, 4.69) is 10.6 Å². The van der Waals surface area contributed by atoms with Gasteiger partial charge in [-0.15, -0.1) is 12.4 Å². The first-order valence-electron chi connectivity index (χ1n) is 8.13. The monoisotopic (exact) mass is 353 g/mol. The lowest BCUT2D eigenvalue weighted by molar-refractivity contribution is -0.126. The number of amides is 2. The third kappa shape index (κ3) is 3.99. The number of para-hydroxylation sites is 2. The number of rotatable bonds is 5. The molecular weight excluding hydrogens is 330 g/mol. The summed E-state index contributed by atoms with van der Waals surface area (Å²) >= 11 is 0. The van der Waals surface area contributed by atoms with Crippen molar-refractivity contribution < 1.29 is 14.3 Å². The molecule has 7 heteroatoms. The molecule has 0 saturated carbocycles. The summed E-state index contributed by atoms with van der Waals surface area (Å²) in [7, 11) is 1.58. The standard InChI is InChI=1S/C17H23N3O3.ClH/c1-23-15-7-3-2-6-14(15)20-11-12(9-16(20)21)17(22)19-10-13-5-4-8-18-13;/h2-3,6-7,12-13,18H,4-5,8-11H2,1H3,(H,19,22);1H. The van der Waals surface area contributed by atoms with Crippen molar-refractivity contribution >= 4 is 29.9 Å². The Morgan fingerprint density at radius 3 is 2.92 bits per heavy atom. The minimum Gasteiger partial charge on any atom is -0.495 e. The number of methoxy groups -OCH3 is 1. The predicted octanol–water partition coefficient (Wildman–Crippen LogP) is 1.34. The van der Waals surface area contributed by atoms with Crippen molar-refractivity contribution in [1.29, 1.82) is 0 Å². The number of nitrogens with zero attached hydrogens (tertiary/aromatic N) is 1. The van der Waals surface area contributed by atoms with Crippen LogP contribution in [0.5, 0.6) is 5.75 Å². The first-order valence-corrected chi connectivity index (χ1v) is 8.13. The molecule has 0 aliphatic carbocycles. The van der Waals surface area contributed by atoms with E-state index in [1.807, 2.05) is 24.3 Å². The Labute approximate surface area is 148 Å². The lowest BCUT2D eigenvalue weighted by Gasteiger charge is -2.19. The van der Waals surface area contributed by atoms with Gasteiger partial charge in [-0.3, -0.25) is 9.59 Å². The summed E-state index contributed by atoms with van der Waals surface area (Å²) in [6, 6.07) is 7.76. The topological polar surface area (TPSA) is 70.7 Å². The molecule has 2 fully saturated rings. The summed E-state index contributed by atoms with van der Waals surface area (Å²) in [5.41, 5.74) is 0.729. The van der Waals surface area contributed by atoms with Crippen LogP contribution in [0.4, 0.5) is 5.69 Å². The zero-order valence-corrected chi connectivity index (χ0v) is 14.6. The number of halogens is 1. The third-order valence-corrected chi connectivity index (χ3v) is 4.56. The van der Waals surface area contributed by atoms with Crippen LogP contribution in [0.1, 0.15) is 19.3 Å². The molecule has 132 valence electrons. The molecule has 0 bridgehead atoms. The van der Waals surface area contributed by atoms with Gasteiger partial charge < -0.3 is 20.3 Å². The van der Waals surface area contributed by atoms with Crippen molar-refractivity contribution in [3.63, 3.8) is 0 Å². The van der Waals surface area contributed by atoms with Crippen molar-refractivity contribution in [1.82, 2.24) is 10.6 Å². The Morgan fingerprint density at radius 1 is 1.42 bits per heavy atom.